The van der Waals surface area contributed by atoms with Gasteiger partial charge in [-0.05, 0) is 31.4 Å². The molecule has 0 fully saturated rings. The van der Waals surface area contributed by atoms with E-state index in [9.17, 15) is 13.2 Å². The van der Waals surface area contributed by atoms with Gasteiger partial charge in [-0.3, -0.25) is 9.52 Å². The monoisotopic (exact) mass is 427 g/mol. The molecule has 30 heavy (non-hydrogen) atoms. The third kappa shape index (κ3) is 4.90. The minimum absolute atomic E-state index is 0.00931. The molecule has 1 heterocycles. The van der Waals surface area contributed by atoms with Crippen molar-refractivity contribution in [3.05, 3.63) is 65.2 Å². The van der Waals surface area contributed by atoms with Crippen molar-refractivity contribution in [1.82, 2.24) is 5.01 Å². The molecule has 1 atom stereocenters. The van der Waals surface area contributed by atoms with Gasteiger partial charge in [0.15, 0.2) is 0 Å². The number of hydrazone groups is 1. The zero-order chi connectivity index (χ0) is 21.9. The van der Waals surface area contributed by atoms with Gasteiger partial charge < -0.3 is 0 Å². The second-order valence-electron chi connectivity index (χ2n) is 7.80. The van der Waals surface area contributed by atoms with Crippen LogP contribution in [-0.2, 0) is 14.8 Å². The summed E-state index contributed by atoms with van der Waals surface area (Å²) in [6, 6.07) is 15.1. The predicted octanol–water partition coefficient (Wildman–Crippen LogP) is 4.48. The summed E-state index contributed by atoms with van der Waals surface area (Å²) < 4.78 is 26.2. The standard InChI is InChI=1S/C23H29N3O3S/c1-5-17(6-2)23(27)26-22(18-11-9-10-16(3)14-18)15-21(24-26)19-12-7-8-13-20(19)25-30(4,28)29/h7-14,17,22,25H,5-6,15H2,1-4H3. The molecule has 0 aliphatic carbocycles. The molecule has 1 N–H and O–H groups in total. The van der Waals surface area contributed by atoms with Crippen molar-refractivity contribution >= 4 is 27.3 Å². The van der Waals surface area contributed by atoms with Gasteiger partial charge in [0.05, 0.1) is 23.7 Å². The summed E-state index contributed by atoms with van der Waals surface area (Å²) in [6.45, 7) is 6.05. The summed E-state index contributed by atoms with van der Waals surface area (Å²) in [4.78, 5) is 13.3. The van der Waals surface area contributed by atoms with Crippen molar-refractivity contribution in [2.45, 2.75) is 46.1 Å². The maximum absolute atomic E-state index is 13.3. The van der Waals surface area contributed by atoms with Crippen LogP contribution in [-0.4, -0.2) is 31.3 Å². The molecule has 6 nitrogen and oxygen atoms in total. The molecule has 1 aliphatic rings. The van der Waals surface area contributed by atoms with Gasteiger partial charge in [-0.2, -0.15) is 5.10 Å². The Labute approximate surface area is 179 Å². The molecule has 0 radical (unpaired) electrons. The minimum Gasteiger partial charge on any atom is -0.283 e. The molecule has 1 unspecified atom stereocenters. The third-order valence-electron chi connectivity index (χ3n) is 5.43. The van der Waals surface area contributed by atoms with E-state index >= 15 is 0 Å². The molecule has 2 aromatic carbocycles. The number of nitrogens with one attached hydrogen (secondary N) is 1. The Hall–Kier alpha value is -2.67. The van der Waals surface area contributed by atoms with Crippen LogP contribution in [0.5, 0.6) is 0 Å². The van der Waals surface area contributed by atoms with Crippen molar-refractivity contribution in [3.63, 3.8) is 0 Å². The summed E-state index contributed by atoms with van der Waals surface area (Å²) in [6.07, 6.45) is 3.16. The first-order chi connectivity index (χ1) is 14.2. The van der Waals surface area contributed by atoms with Crippen LogP contribution in [0.2, 0.25) is 0 Å². The van der Waals surface area contributed by atoms with Gasteiger partial charge in [0.1, 0.15) is 0 Å². The van der Waals surface area contributed by atoms with Crippen LogP contribution in [0.15, 0.2) is 53.6 Å². The van der Waals surface area contributed by atoms with E-state index in [0.29, 0.717) is 23.4 Å². The van der Waals surface area contributed by atoms with Crippen LogP contribution >= 0.6 is 0 Å². The first-order valence-electron chi connectivity index (χ1n) is 10.3. The zero-order valence-electron chi connectivity index (χ0n) is 17.9. The predicted molar refractivity (Wildman–Crippen MR) is 121 cm³/mol. The van der Waals surface area contributed by atoms with Gasteiger partial charge >= 0.3 is 0 Å². The number of nitrogens with zero attached hydrogens (tertiary/aromatic N) is 2. The second-order valence-corrected chi connectivity index (χ2v) is 9.55. The number of aryl methyl sites for hydroxylation is 1. The fraction of sp³-hybridized carbons (Fsp3) is 0.391. The first-order valence-corrected chi connectivity index (χ1v) is 12.2. The molecule has 1 aliphatic heterocycles. The first kappa shape index (κ1) is 22.0. The van der Waals surface area contributed by atoms with E-state index in [4.69, 9.17) is 5.10 Å². The minimum atomic E-state index is -3.44. The van der Waals surface area contributed by atoms with Gasteiger partial charge in [0.2, 0.25) is 15.9 Å². The number of rotatable bonds is 7. The highest BCUT2D eigenvalue weighted by atomic mass is 32.2. The van der Waals surface area contributed by atoms with E-state index in [2.05, 4.69) is 10.8 Å². The average molecular weight is 428 g/mol. The summed E-state index contributed by atoms with van der Waals surface area (Å²) >= 11 is 0. The normalized spacial score (nSPS) is 16.6. The molecule has 0 saturated heterocycles. The number of amides is 1. The maximum atomic E-state index is 13.3. The fourth-order valence-electron chi connectivity index (χ4n) is 3.86. The Morgan fingerprint density at radius 3 is 2.50 bits per heavy atom. The molecular formula is C23H29N3O3S. The number of carbonyl (C=O) groups excluding carboxylic acids is 1. The number of benzene rings is 2. The molecule has 0 spiro atoms. The quantitative estimate of drug-likeness (QED) is 0.707. The summed E-state index contributed by atoms with van der Waals surface area (Å²) in [5, 5.41) is 6.33. The van der Waals surface area contributed by atoms with Crippen molar-refractivity contribution < 1.29 is 13.2 Å². The topological polar surface area (TPSA) is 78.8 Å². The van der Waals surface area contributed by atoms with Gasteiger partial charge in [0.25, 0.3) is 0 Å². The smallest absolute Gasteiger partial charge is 0.246 e. The average Bonchev–Trinajstić information content (AvgIpc) is 3.13. The van der Waals surface area contributed by atoms with Gasteiger partial charge in [0, 0.05) is 17.9 Å². The Morgan fingerprint density at radius 2 is 1.87 bits per heavy atom. The second kappa shape index (κ2) is 9.00. The Bertz CT molecular complexity index is 1060. The summed E-state index contributed by atoms with van der Waals surface area (Å²) in [7, 11) is -3.44. The summed E-state index contributed by atoms with van der Waals surface area (Å²) in [5.41, 5.74) is 4.02. The highest BCUT2D eigenvalue weighted by Crippen LogP contribution is 2.36. The molecule has 160 valence electrons. The van der Waals surface area contributed by atoms with E-state index in [1.807, 2.05) is 51.1 Å². The van der Waals surface area contributed by atoms with Crippen LogP contribution < -0.4 is 4.72 Å². The molecule has 1 amide bonds. The number of para-hydroxylation sites is 1. The van der Waals surface area contributed by atoms with Gasteiger partial charge in [-0.1, -0.05) is 61.9 Å². The van der Waals surface area contributed by atoms with Gasteiger partial charge in [-0.25, -0.2) is 13.4 Å². The molecular weight excluding hydrogens is 398 g/mol. The lowest BCUT2D eigenvalue weighted by atomic mass is 9.95. The molecule has 0 aromatic heterocycles. The van der Waals surface area contributed by atoms with Crippen molar-refractivity contribution in [1.29, 1.82) is 0 Å². The third-order valence-corrected chi connectivity index (χ3v) is 6.02. The van der Waals surface area contributed by atoms with E-state index in [1.165, 1.54) is 0 Å². The van der Waals surface area contributed by atoms with Crippen LogP contribution in [0.1, 0.15) is 55.8 Å². The molecule has 7 heteroatoms. The van der Waals surface area contributed by atoms with Crippen LogP contribution in [0.25, 0.3) is 0 Å². The molecule has 0 saturated carbocycles. The largest absolute Gasteiger partial charge is 0.283 e. The fourth-order valence-corrected chi connectivity index (χ4v) is 4.44. The SMILES string of the molecule is CCC(CC)C(=O)N1N=C(c2ccccc2NS(C)(=O)=O)CC1c1cccc(C)c1. The number of hydrogen-bond acceptors (Lipinski definition) is 4. The summed E-state index contributed by atoms with van der Waals surface area (Å²) in [5.74, 6) is -0.0835. The highest BCUT2D eigenvalue weighted by Gasteiger charge is 2.36. The van der Waals surface area contributed by atoms with E-state index in [0.717, 1.165) is 30.2 Å². The highest BCUT2D eigenvalue weighted by molar-refractivity contribution is 7.92. The van der Waals surface area contributed by atoms with Crippen molar-refractivity contribution in [2.75, 3.05) is 11.0 Å². The molecule has 0 bridgehead atoms. The molecule has 2 aromatic rings. The number of sulfonamides is 1. The molecule has 3 rings (SSSR count). The Morgan fingerprint density at radius 1 is 1.17 bits per heavy atom. The van der Waals surface area contributed by atoms with Crippen molar-refractivity contribution in [2.24, 2.45) is 11.0 Å². The lowest BCUT2D eigenvalue weighted by Crippen LogP contribution is -2.32. The van der Waals surface area contributed by atoms with Crippen molar-refractivity contribution in [3.8, 4) is 0 Å². The van der Waals surface area contributed by atoms with Gasteiger partial charge in [-0.15, -0.1) is 0 Å². The van der Waals surface area contributed by atoms with Crippen LogP contribution in [0, 0.1) is 12.8 Å². The Kier molecular flexibility index (Phi) is 6.61. The van der Waals surface area contributed by atoms with E-state index in [-0.39, 0.29) is 17.9 Å². The van der Waals surface area contributed by atoms with E-state index < -0.39 is 10.0 Å². The van der Waals surface area contributed by atoms with Crippen LogP contribution in [0.3, 0.4) is 0 Å². The lowest BCUT2D eigenvalue weighted by Gasteiger charge is -2.25. The van der Waals surface area contributed by atoms with E-state index in [1.54, 1.807) is 17.1 Å². The lowest BCUT2D eigenvalue weighted by molar-refractivity contribution is -0.137. The zero-order valence-corrected chi connectivity index (χ0v) is 18.7. The number of hydrogen-bond donors (Lipinski definition) is 1. The van der Waals surface area contributed by atoms with Crippen LogP contribution in [0.4, 0.5) is 5.69 Å². The maximum Gasteiger partial charge on any atom is 0.246 e. The Balaban J connectivity index is 2.05. The number of carbonyl (C=O) groups is 1. The number of anilines is 1.